The zero-order valence-corrected chi connectivity index (χ0v) is 11.9. The van der Waals surface area contributed by atoms with E-state index in [1.165, 1.54) is 0 Å². The van der Waals surface area contributed by atoms with E-state index in [1.807, 2.05) is 18.4 Å². The third-order valence-electron chi connectivity index (χ3n) is 3.01. The number of benzene rings is 1. The quantitative estimate of drug-likeness (QED) is 0.829. The Labute approximate surface area is 117 Å². The molecule has 4 nitrogen and oxygen atoms in total. The van der Waals surface area contributed by atoms with Crippen LogP contribution in [0.15, 0.2) is 29.2 Å². The first-order chi connectivity index (χ1) is 9.22. The molecule has 1 heterocycles. The lowest BCUT2D eigenvalue weighted by Gasteiger charge is -2.20. The first kappa shape index (κ1) is 14.0. The first-order valence-electron chi connectivity index (χ1n) is 6.17. The van der Waals surface area contributed by atoms with Gasteiger partial charge in [-0.05, 0) is 30.4 Å². The highest BCUT2D eigenvalue weighted by Crippen LogP contribution is 2.28. The van der Waals surface area contributed by atoms with Crippen LogP contribution in [0, 0.1) is 0 Å². The Morgan fingerprint density at radius 2 is 2.32 bits per heavy atom. The number of ether oxygens (including phenoxy) is 1. The zero-order chi connectivity index (χ0) is 13.7. The number of carbonyl (C=O) groups is 1. The molecule has 2 rings (SSSR count). The zero-order valence-electron chi connectivity index (χ0n) is 11.1. The molecule has 1 aromatic rings. The Balaban J connectivity index is 2.04. The van der Waals surface area contributed by atoms with Gasteiger partial charge in [-0.2, -0.15) is 0 Å². The minimum atomic E-state index is 0.0544. The highest BCUT2D eigenvalue weighted by atomic mass is 32.2. The van der Waals surface area contributed by atoms with Gasteiger partial charge in [-0.25, -0.2) is 5.43 Å². The highest BCUT2D eigenvalue weighted by molar-refractivity contribution is 7.98. The predicted molar refractivity (Wildman–Crippen MR) is 78.1 cm³/mol. The van der Waals surface area contributed by atoms with Gasteiger partial charge >= 0.3 is 0 Å². The summed E-state index contributed by atoms with van der Waals surface area (Å²) in [6.45, 7) is 0. The molecule has 0 radical (unpaired) electrons. The summed E-state index contributed by atoms with van der Waals surface area (Å²) in [4.78, 5) is 12.1. The molecule has 1 aliphatic rings. The van der Waals surface area contributed by atoms with Crippen molar-refractivity contribution >= 4 is 23.7 Å². The molecule has 19 heavy (non-hydrogen) atoms. The number of hydrogen-bond donors (Lipinski definition) is 2. The van der Waals surface area contributed by atoms with Gasteiger partial charge in [0.05, 0.1) is 7.11 Å². The maximum Gasteiger partial charge on any atom is 0.234 e. The molecular formula is C14H18N2O2S. The van der Waals surface area contributed by atoms with E-state index in [-0.39, 0.29) is 11.9 Å². The number of nitrogens with one attached hydrogen (secondary N) is 2. The Bertz CT molecular complexity index is 478. The number of hydrogen-bond acceptors (Lipinski definition) is 4. The van der Waals surface area contributed by atoms with E-state index in [0.717, 1.165) is 22.6 Å². The van der Waals surface area contributed by atoms with Crippen LogP contribution in [0.2, 0.25) is 0 Å². The third-order valence-corrected chi connectivity index (χ3v) is 3.77. The number of thioether (sulfide) groups is 1. The van der Waals surface area contributed by atoms with Crippen LogP contribution in [0.3, 0.4) is 0 Å². The molecular weight excluding hydrogens is 260 g/mol. The van der Waals surface area contributed by atoms with E-state index in [0.29, 0.717) is 6.42 Å². The average Bonchev–Trinajstić information content (AvgIpc) is 2.46. The number of hydrazine groups is 1. The first-order valence-corrected chi connectivity index (χ1v) is 7.40. The molecule has 0 aromatic heterocycles. The predicted octanol–water partition coefficient (Wildman–Crippen LogP) is 2.21. The molecule has 1 aliphatic heterocycles. The van der Waals surface area contributed by atoms with Crippen molar-refractivity contribution in [1.29, 1.82) is 0 Å². The van der Waals surface area contributed by atoms with Gasteiger partial charge in [0.15, 0.2) is 0 Å². The van der Waals surface area contributed by atoms with Crippen molar-refractivity contribution in [3.8, 4) is 5.75 Å². The van der Waals surface area contributed by atoms with Crippen molar-refractivity contribution in [2.75, 3.05) is 13.4 Å². The molecule has 1 amide bonds. The molecule has 0 aliphatic carbocycles. The summed E-state index contributed by atoms with van der Waals surface area (Å²) in [5.74, 6) is 0.950. The summed E-state index contributed by atoms with van der Waals surface area (Å²) in [7, 11) is 1.68. The van der Waals surface area contributed by atoms with Crippen LogP contribution in [-0.4, -0.2) is 25.3 Å². The fraction of sp³-hybridized carbons (Fsp3) is 0.357. The van der Waals surface area contributed by atoms with E-state index in [1.54, 1.807) is 18.9 Å². The summed E-state index contributed by atoms with van der Waals surface area (Å²) < 4.78 is 5.29. The van der Waals surface area contributed by atoms with Crippen LogP contribution < -0.4 is 15.6 Å². The number of rotatable bonds is 4. The van der Waals surface area contributed by atoms with Gasteiger partial charge < -0.3 is 4.74 Å². The molecule has 5 heteroatoms. The van der Waals surface area contributed by atoms with Crippen molar-refractivity contribution in [1.82, 2.24) is 10.9 Å². The van der Waals surface area contributed by atoms with Gasteiger partial charge in [0, 0.05) is 17.4 Å². The second kappa shape index (κ2) is 6.63. The summed E-state index contributed by atoms with van der Waals surface area (Å²) in [5.41, 5.74) is 6.75. The Morgan fingerprint density at radius 3 is 2.95 bits per heavy atom. The fourth-order valence-electron chi connectivity index (χ4n) is 1.92. The minimum absolute atomic E-state index is 0.0544. The van der Waals surface area contributed by atoms with Crippen molar-refractivity contribution in [2.24, 2.45) is 0 Å². The average molecular weight is 278 g/mol. The number of carbonyl (C=O) groups excluding carboxylic acids is 1. The Hall–Kier alpha value is -1.46. The molecule has 1 atom stereocenters. The Kier molecular flexibility index (Phi) is 4.87. The topological polar surface area (TPSA) is 50.4 Å². The van der Waals surface area contributed by atoms with Crippen molar-refractivity contribution in [3.63, 3.8) is 0 Å². The van der Waals surface area contributed by atoms with Crippen molar-refractivity contribution < 1.29 is 9.53 Å². The van der Waals surface area contributed by atoms with Gasteiger partial charge in [-0.15, -0.1) is 11.8 Å². The maximum absolute atomic E-state index is 11.0. The third kappa shape index (κ3) is 3.75. The SMILES string of the molecule is COc1ccc(/C=C/C2CCC(=O)NN2)cc1SC. The van der Waals surface area contributed by atoms with E-state index in [9.17, 15) is 4.79 Å². The molecule has 0 bridgehead atoms. The number of amides is 1. The molecule has 0 saturated carbocycles. The molecule has 1 fully saturated rings. The molecule has 1 unspecified atom stereocenters. The lowest BCUT2D eigenvalue weighted by Crippen LogP contribution is -2.48. The van der Waals surface area contributed by atoms with Gasteiger partial charge in [0.2, 0.25) is 5.91 Å². The largest absolute Gasteiger partial charge is 0.496 e. The lowest BCUT2D eigenvalue weighted by molar-refractivity contribution is -0.123. The molecule has 0 spiro atoms. The fourth-order valence-corrected chi connectivity index (χ4v) is 2.53. The lowest BCUT2D eigenvalue weighted by atomic mass is 10.1. The van der Waals surface area contributed by atoms with Crippen LogP contribution in [0.1, 0.15) is 18.4 Å². The second-order valence-corrected chi connectivity index (χ2v) is 5.16. The van der Waals surface area contributed by atoms with Gasteiger partial charge in [-0.3, -0.25) is 10.2 Å². The van der Waals surface area contributed by atoms with E-state index < -0.39 is 0 Å². The van der Waals surface area contributed by atoms with Gasteiger partial charge in [0.1, 0.15) is 5.75 Å². The van der Waals surface area contributed by atoms with Gasteiger partial charge in [-0.1, -0.05) is 18.2 Å². The smallest absolute Gasteiger partial charge is 0.234 e. The van der Waals surface area contributed by atoms with Gasteiger partial charge in [0.25, 0.3) is 0 Å². The van der Waals surface area contributed by atoms with Crippen molar-refractivity contribution in [2.45, 2.75) is 23.8 Å². The highest BCUT2D eigenvalue weighted by Gasteiger charge is 2.14. The van der Waals surface area contributed by atoms with E-state index in [2.05, 4.69) is 29.1 Å². The summed E-state index contributed by atoms with van der Waals surface area (Å²) in [6, 6.07) is 6.29. The normalized spacial score (nSPS) is 19.5. The molecule has 1 aromatic carbocycles. The minimum Gasteiger partial charge on any atom is -0.496 e. The second-order valence-electron chi connectivity index (χ2n) is 4.31. The Morgan fingerprint density at radius 1 is 1.47 bits per heavy atom. The van der Waals surface area contributed by atoms with Crippen LogP contribution in [0.4, 0.5) is 0 Å². The van der Waals surface area contributed by atoms with Crippen molar-refractivity contribution in [3.05, 3.63) is 29.8 Å². The van der Waals surface area contributed by atoms with E-state index >= 15 is 0 Å². The standard InChI is InChI=1S/C14H18N2O2S/c1-18-12-7-4-10(9-13(12)19-2)3-5-11-6-8-14(17)16-15-11/h3-5,7,9,11,15H,6,8H2,1-2H3,(H,16,17)/b5-3+. The molecule has 1 saturated heterocycles. The van der Waals surface area contributed by atoms with E-state index in [4.69, 9.17) is 4.74 Å². The molecule has 2 N–H and O–H groups in total. The number of methoxy groups -OCH3 is 1. The molecule has 102 valence electrons. The summed E-state index contributed by atoms with van der Waals surface area (Å²) in [6.07, 6.45) is 7.57. The van der Waals surface area contributed by atoms with Crippen LogP contribution in [0.5, 0.6) is 5.75 Å². The maximum atomic E-state index is 11.0. The van der Waals surface area contributed by atoms with Crippen LogP contribution in [-0.2, 0) is 4.79 Å². The monoisotopic (exact) mass is 278 g/mol. The van der Waals surface area contributed by atoms with Crippen LogP contribution in [0.25, 0.3) is 6.08 Å². The van der Waals surface area contributed by atoms with Crippen LogP contribution >= 0.6 is 11.8 Å². The summed E-state index contributed by atoms with van der Waals surface area (Å²) in [5, 5.41) is 0. The summed E-state index contributed by atoms with van der Waals surface area (Å²) >= 11 is 1.66.